The molecule has 2 aromatic heterocycles. The summed E-state index contributed by atoms with van der Waals surface area (Å²) < 4.78 is 41.6. The fourth-order valence-electron chi connectivity index (χ4n) is 4.42. The number of nitrogens with one attached hydrogen (secondary N) is 2. The van der Waals surface area contributed by atoms with Crippen molar-refractivity contribution >= 4 is 17.4 Å². The van der Waals surface area contributed by atoms with Crippen LogP contribution in [-0.2, 0) is 19.1 Å². The highest BCUT2D eigenvalue weighted by Crippen LogP contribution is 2.34. The molecular weight excluding hydrogens is 495 g/mol. The van der Waals surface area contributed by atoms with Gasteiger partial charge in [0.1, 0.15) is 11.5 Å². The molecule has 38 heavy (non-hydrogen) atoms. The second-order valence-corrected chi connectivity index (χ2v) is 9.33. The van der Waals surface area contributed by atoms with Gasteiger partial charge in [0.2, 0.25) is 5.82 Å². The molecule has 1 saturated heterocycles. The van der Waals surface area contributed by atoms with Gasteiger partial charge in [-0.3, -0.25) is 9.69 Å². The first-order chi connectivity index (χ1) is 18.2. The summed E-state index contributed by atoms with van der Waals surface area (Å²) in [6, 6.07) is 7.21. The van der Waals surface area contributed by atoms with E-state index in [9.17, 15) is 18.0 Å². The van der Waals surface area contributed by atoms with Gasteiger partial charge in [-0.1, -0.05) is 12.0 Å². The Morgan fingerprint density at radius 2 is 1.92 bits per heavy atom. The fourth-order valence-corrected chi connectivity index (χ4v) is 4.42. The zero-order valence-corrected chi connectivity index (χ0v) is 20.8. The van der Waals surface area contributed by atoms with Crippen LogP contribution in [0.3, 0.4) is 0 Å². The molecule has 1 amide bonds. The van der Waals surface area contributed by atoms with E-state index in [0.29, 0.717) is 18.7 Å². The molecule has 0 bridgehead atoms. The van der Waals surface area contributed by atoms with Crippen LogP contribution in [0.5, 0.6) is 0 Å². The predicted octanol–water partition coefficient (Wildman–Crippen LogP) is 3.26. The van der Waals surface area contributed by atoms with E-state index in [1.54, 1.807) is 6.20 Å². The highest BCUT2D eigenvalue weighted by Gasteiger charge is 2.34. The van der Waals surface area contributed by atoms with Gasteiger partial charge in [-0.05, 0) is 54.8 Å². The van der Waals surface area contributed by atoms with Crippen LogP contribution in [0.15, 0.2) is 42.7 Å². The number of likely N-dealkylation sites (N-methyl/N-ethyl adjacent to an activating group) is 1. The number of amides is 1. The number of hydrogen-bond acceptors (Lipinski definition) is 7. The average Bonchev–Trinajstić information content (AvgIpc) is 3.37. The maximum absolute atomic E-state index is 13.9. The zero-order valence-electron chi connectivity index (χ0n) is 20.8. The van der Waals surface area contributed by atoms with Crippen molar-refractivity contribution in [1.29, 1.82) is 0 Å². The lowest BCUT2D eigenvalue weighted by molar-refractivity contribution is -0.138. The fraction of sp³-hybridized carbons (Fsp3) is 0.333. The maximum atomic E-state index is 13.9. The van der Waals surface area contributed by atoms with Crippen LogP contribution in [0.25, 0.3) is 0 Å². The molecule has 2 aliphatic heterocycles. The molecule has 11 heteroatoms. The quantitative estimate of drug-likeness (QED) is 0.510. The van der Waals surface area contributed by atoms with Crippen molar-refractivity contribution in [1.82, 2.24) is 24.8 Å². The topological polar surface area (TPSA) is 86.3 Å². The SMILES string of the molecule is CN1CCN(Cc2ccc(NC(=O)c3ccnc(C#Cc4cnc5c(c4)CCN5)n3)cc2C(F)(F)F)CC1. The summed E-state index contributed by atoms with van der Waals surface area (Å²) >= 11 is 0. The number of carbonyl (C=O) groups excluding carboxylic acids is 1. The second-order valence-electron chi connectivity index (χ2n) is 9.33. The molecule has 3 aromatic rings. The van der Waals surface area contributed by atoms with E-state index in [0.717, 1.165) is 43.5 Å². The molecule has 0 unspecified atom stereocenters. The summed E-state index contributed by atoms with van der Waals surface area (Å²) in [4.78, 5) is 29.5. The molecule has 1 aromatic carbocycles. The van der Waals surface area contributed by atoms with Crippen LogP contribution in [0.1, 0.15) is 38.6 Å². The van der Waals surface area contributed by atoms with Gasteiger partial charge >= 0.3 is 6.18 Å². The largest absolute Gasteiger partial charge is 0.416 e. The summed E-state index contributed by atoms with van der Waals surface area (Å²) in [6.45, 7) is 4.05. The van der Waals surface area contributed by atoms with Gasteiger partial charge < -0.3 is 15.5 Å². The molecule has 4 heterocycles. The van der Waals surface area contributed by atoms with Crippen LogP contribution < -0.4 is 10.6 Å². The number of rotatable bonds is 4. The zero-order chi connectivity index (χ0) is 26.7. The van der Waals surface area contributed by atoms with Gasteiger partial charge in [0.05, 0.1) is 5.56 Å². The average molecular weight is 522 g/mol. The molecule has 2 aliphatic rings. The molecule has 8 nitrogen and oxygen atoms in total. The van der Waals surface area contributed by atoms with Crippen LogP contribution >= 0.6 is 0 Å². The van der Waals surface area contributed by atoms with Crippen molar-refractivity contribution in [3.8, 4) is 11.8 Å². The van der Waals surface area contributed by atoms with Crippen molar-refractivity contribution in [2.24, 2.45) is 0 Å². The molecule has 2 N–H and O–H groups in total. The van der Waals surface area contributed by atoms with Crippen LogP contribution in [0.2, 0.25) is 0 Å². The Kier molecular flexibility index (Phi) is 7.26. The first-order valence-electron chi connectivity index (χ1n) is 12.2. The molecule has 196 valence electrons. The van der Waals surface area contributed by atoms with Crippen molar-refractivity contribution in [3.05, 3.63) is 76.5 Å². The second kappa shape index (κ2) is 10.8. The third-order valence-corrected chi connectivity index (χ3v) is 6.52. The number of benzene rings is 1. The number of carbonyl (C=O) groups is 1. The van der Waals surface area contributed by atoms with Gasteiger partial charge in [-0.15, -0.1) is 0 Å². The third kappa shape index (κ3) is 6.10. The Hall–Kier alpha value is -4.01. The van der Waals surface area contributed by atoms with Crippen molar-refractivity contribution < 1.29 is 18.0 Å². The van der Waals surface area contributed by atoms with E-state index in [1.165, 1.54) is 24.4 Å². The Bertz CT molecular complexity index is 1410. The highest BCUT2D eigenvalue weighted by molar-refractivity contribution is 6.02. The van der Waals surface area contributed by atoms with Crippen molar-refractivity contribution in [2.45, 2.75) is 19.1 Å². The van der Waals surface area contributed by atoms with E-state index >= 15 is 0 Å². The van der Waals surface area contributed by atoms with Crippen LogP contribution in [-0.4, -0.2) is 70.4 Å². The van der Waals surface area contributed by atoms with Crippen molar-refractivity contribution in [3.63, 3.8) is 0 Å². The number of nitrogens with zero attached hydrogens (tertiary/aromatic N) is 5. The van der Waals surface area contributed by atoms with E-state index in [2.05, 4.69) is 42.3 Å². The first-order valence-corrected chi connectivity index (χ1v) is 12.2. The lowest BCUT2D eigenvalue weighted by Crippen LogP contribution is -2.44. The molecule has 0 aliphatic carbocycles. The number of alkyl halides is 3. The van der Waals surface area contributed by atoms with Gasteiger partial charge in [0.15, 0.2) is 0 Å². The van der Waals surface area contributed by atoms with E-state index in [-0.39, 0.29) is 29.3 Å². The Morgan fingerprint density at radius 3 is 2.71 bits per heavy atom. The van der Waals surface area contributed by atoms with Gasteiger partial charge in [0, 0.05) is 62.9 Å². The summed E-state index contributed by atoms with van der Waals surface area (Å²) in [6.07, 6.45) is -0.650. The summed E-state index contributed by atoms with van der Waals surface area (Å²) in [7, 11) is 1.99. The molecule has 0 atom stereocenters. The number of halogens is 3. The lowest BCUT2D eigenvalue weighted by Gasteiger charge is -2.33. The minimum Gasteiger partial charge on any atom is -0.370 e. The third-order valence-electron chi connectivity index (χ3n) is 6.52. The lowest BCUT2D eigenvalue weighted by atomic mass is 10.0. The normalized spacial score (nSPS) is 15.8. The standard InChI is InChI=1S/C27H26F3N7O/c1-36-10-12-37(13-11-36)17-20-3-4-21(15-22(20)27(28,29)30)34-26(38)23-7-9-31-24(35-23)5-2-18-14-19-6-8-32-25(19)33-16-18/h3-4,7,9,14-16H,6,8,10-13,17H2,1H3,(H,32,33)(H,34,38). The molecule has 0 saturated carbocycles. The monoisotopic (exact) mass is 521 g/mol. The minimum absolute atomic E-state index is 0.00403. The van der Waals surface area contributed by atoms with Gasteiger partial charge in [0.25, 0.3) is 5.91 Å². The first kappa shape index (κ1) is 25.6. The molecule has 0 radical (unpaired) electrons. The van der Waals surface area contributed by atoms with Crippen LogP contribution in [0, 0.1) is 11.8 Å². The Morgan fingerprint density at radius 1 is 1.11 bits per heavy atom. The Labute approximate surface area is 218 Å². The number of aromatic nitrogens is 3. The number of pyridine rings is 1. The van der Waals surface area contributed by atoms with Crippen LogP contribution in [0.4, 0.5) is 24.7 Å². The number of fused-ring (bicyclic) bond motifs is 1. The molecule has 0 spiro atoms. The number of piperazine rings is 1. The summed E-state index contributed by atoms with van der Waals surface area (Å²) in [5.74, 6) is 6.09. The Balaban J connectivity index is 1.30. The van der Waals surface area contributed by atoms with E-state index < -0.39 is 17.6 Å². The molecular formula is C27H26F3N7O. The predicted molar refractivity (Wildman–Crippen MR) is 137 cm³/mol. The van der Waals surface area contributed by atoms with Gasteiger partial charge in [-0.25, -0.2) is 15.0 Å². The van der Waals surface area contributed by atoms with Gasteiger partial charge in [-0.2, -0.15) is 13.2 Å². The highest BCUT2D eigenvalue weighted by atomic mass is 19.4. The number of hydrogen-bond donors (Lipinski definition) is 2. The van der Waals surface area contributed by atoms with Crippen molar-refractivity contribution in [2.75, 3.05) is 50.4 Å². The summed E-state index contributed by atoms with van der Waals surface area (Å²) in [5.41, 5.74) is 1.23. The minimum atomic E-state index is -4.55. The molecule has 1 fully saturated rings. The summed E-state index contributed by atoms with van der Waals surface area (Å²) in [5, 5.41) is 5.70. The van der Waals surface area contributed by atoms with E-state index in [1.807, 2.05) is 18.0 Å². The molecule has 5 rings (SSSR count). The smallest absolute Gasteiger partial charge is 0.370 e. The van der Waals surface area contributed by atoms with E-state index in [4.69, 9.17) is 0 Å². The number of anilines is 2. The maximum Gasteiger partial charge on any atom is 0.416 e.